The van der Waals surface area contributed by atoms with E-state index in [0.29, 0.717) is 53.7 Å². The summed E-state index contributed by atoms with van der Waals surface area (Å²) in [5.74, 6) is 0.540. The third kappa shape index (κ3) is 5.73. The number of fused-ring (bicyclic) bond motifs is 1. The number of benzene rings is 2. The van der Waals surface area contributed by atoms with Gasteiger partial charge in [-0.1, -0.05) is 17.7 Å². The Kier molecular flexibility index (Phi) is 8.18. The molecule has 0 saturated heterocycles. The fraction of sp³-hybridized carbons (Fsp3) is 0.310. The van der Waals surface area contributed by atoms with E-state index >= 15 is 0 Å². The average molecular weight is 565 g/mol. The minimum absolute atomic E-state index is 0.122. The number of Topliss-reactive ketones (excluding diaryl/α,β-unsaturated/α-hetero) is 1. The third-order valence-electron chi connectivity index (χ3n) is 6.69. The molecule has 1 aliphatic rings. The molecule has 0 aliphatic carbocycles. The number of hydrogen-bond donors (Lipinski definition) is 0. The zero-order valence-electron chi connectivity index (χ0n) is 22.4. The second-order valence-corrected chi connectivity index (χ2v) is 9.84. The molecule has 0 amide bonds. The Labute approximate surface area is 235 Å². The number of rotatable bonds is 10. The van der Waals surface area contributed by atoms with Gasteiger partial charge in [-0.15, -0.1) is 0 Å². The number of aryl methyl sites for hydroxylation is 1. The molecule has 0 spiro atoms. The van der Waals surface area contributed by atoms with Crippen LogP contribution < -0.4 is 10.3 Å². The van der Waals surface area contributed by atoms with Gasteiger partial charge in [-0.3, -0.25) is 14.3 Å². The highest BCUT2D eigenvalue weighted by Gasteiger charge is 2.25. The number of ether oxygens (including phenoxy) is 3. The van der Waals surface area contributed by atoms with Crippen molar-refractivity contribution in [1.82, 2.24) is 14.3 Å². The molecule has 0 fully saturated rings. The van der Waals surface area contributed by atoms with Gasteiger partial charge in [-0.2, -0.15) is 5.10 Å². The summed E-state index contributed by atoms with van der Waals surface area (Å²) in [5, 5.41) is 9.81. The van der Waals surface area contributed by atoms with Gasteiger partial charge in [-0.05, 0) is 53.0 Å². The summed E-state index contributed by atoms with van der Waals surface area (Å²) in [6.45, 7) is 0.986. The van der Waals surface area contributed by atoms with Crippen LogP contribution in [0.4, 0.5) is 0 Å². The van der Waals surface area contributed by atoms with Gasteiger partial charge < -0.3 is 23.6 Å². The SMILES string of the molecule is COCCC(C(=O)Cc1ccc2nn(C)cc2c1)n1cc(OC)c(-c2cc(Cl)ccc2C2=NOCCO2)cc1=O. The Morgan fingerprint density at radius 1 is 1.07 bits per heavy atom. The first-order valence-electron chi connectivity index (χ1n) is 12.7. The second-order valence-electron chi connectivity index (χ2n) is 9.41. The summed E-state index contributed by atoms with van der Waals surface area (Å²) < 4.78 is 19.8. The molecule has 3 heterocycles. The van der Waals surface area contributed by atoms with Crippen LogP contribution in [0.2, 0.25) is 5.02 Å². The lowest BCUT2D eigenvalue weighted by Gasteiger charge is -2.22. The molecule has 40 heavy (non-hydrogen) atoms. The predicted octanol–water partition coefficient (Wildman–Crippen LogP) is 4.16. The lowest BCUT2D eigenvalue weighted by molar-refractivity contribution is -0.122. The molecular formula is C29H29ClN4O6. The quantitative estimate of drug-likeness (QED) is 0.285. The number of halogens is 1. The van der Waals surface area contributed by atoms with Crippen LogP contribution in [0.25, 0.3) is 22.0 Å². The monoisotopic (exact) mass is 564 g/mol. The molecule has 11 heteroatoms. The molecule has 0 radical (unpaired) electrons. The summed E-state index contributed by atoms with van der Waals surface area (Å²) >= 11 is 6.34. The smallest absolute Gasteiger partial charge is 0.258 e. The molecule has 1 unspecified atom stereocenters. The molecular weight excluding hydrogens is 536 g/mol. The number of pyridine rings is 1. The van der Waals surface area contributed by atoms with Gasteiger partial charge in [0.25, 0.3) is 11.5 Å². The van der Waals surface area contributed by atoms with Crippen LogP contribution >= 0.6 is 11.6 Å². The first kappa shape index (κ1) is 27.4. The lowest BCUT2D eigenvalue weighted by Crippen LogP contribution is -2.31. The predicted molar refractivity (Wildman–Crippen MR) is 151 cm³/mol. The number of carbonyl (C=O) groups excluding carboxylic acids is 1. The largest absolute Gasteiger partial charge is 0.495 e. The zero-order chi connectivity index (χ0) is 28.2. The van der Waals surface area contributed by atoms with Crippen molar-refractivity contribution >= 4 is 34.2 Å². The highest BCUT2D eigenvalue weighted by atomic mass is 35.5. The fourth-order valence-electron chi connectivity index (χ4n) is 4.82. The van der Waals surface area contributed by atoms with Gasteiger partial charge >= 0.3 is 0 Å². The summed E-state index contributed by atoms with van der Waals surface area (Å²) in [4.78, 5) is 32.4. The second kappa shape index (κ2) is 11.9. The van der Waals surface area contributed by atoms with Crippen LogP contribution in [-0.2, 0) is 32.6 Å². The Hall–Kier alpha value is -4.15. The van der Waals surface area contributed by atoms with Gasteiger partial charge in [0.05, 0.1) is 24.9 Å². The number of aromatic nitrogens is 3. The number of oxime groups is 1. The van der Waals surface area contributed by atoms with Crippen LogP contribution in [0.3, 0.4) is 0 Å². The van der Waals surface area contributed by atoms with Crippen molar-refractivity contribution in [2.45, 2.75) is 18.9 Å². The van der Waals surface area contributed by atoms with E-state index in [2.05, 4.69) is 10.3 Å². The lowest BCUT2D eigenvalue weighted by atomic mass is 9.98. The third-order valence-corrected chi connectivity index (χ3v) is 6.93. The van der Waals surface area contributed by atoms with Crippen molar-refractivity contribution in [3.8, 4) is 16.9 Å². The Morgan fingerprint density at radius 3 is 2.67 bits per heavy atom. The molecule has 208 valence electrons. The van der Waals surface area contributed by atoms with Crippen LogP contribution in [0, 0.1) is 0 Å². The standard InChI is InChI=1S/C29H29ClN4O6/c1-33-16-19-12-18(4-7-24(19)31-33)13-26(35)25(8-9-37-2)34-17-27(38-3)23(15-28(34)36)22-14-20(30)5-6-21(22)29-32-40-11-10-39-29/h4-7,12,14-17,25H,8-11,13H2,1-3H3. The summed E-state index contributed by atoms with van der Waals surface area (Å²) in [7, 11) is 4.92. The first-order chi connectivity index (χ1) is 19.4. The Bertz CT molecular complexity index is 1640. The van der Waals surface area contributed by atoms with E-state index in [9.17, 15) is 9.59 Å². The number of methoxy groups -OCH3 is 2. The molecule has 0 N–H and O–H groups in total. The van der Waals surface area contributed by atoms with Crippen molar-refractivity contribution in [3.05, 3.63) is 81.4 Å². The number of ketones is 1. The van der Waals surface area contributed by atoms with E-state index in [-0.39, 0.29) is 23.7 Å². The summed E-state index contributed by atoms with van der Waals surface area (Å²) in [5.41, 5.74) is 2.98. The fourth-order valence-corrected chi connectivity index (χ4v) is 4.99. The summed E-state index contributed by atoms with van der Waals surface area (Å²) in [6, 6.07) is 11.6. The van der Waals surface area contributed by atoms with Crippen LogP contribution in [0.1, 0.15) is 23.6 Å². The first-order valence-corrected chi connectivity index (χ1v) is 13.1. The van der Waals surface area contributed by atoms with Crippen LogP contribution in [0.15, 0.2) is 64.8 Å². The number of carbonyl (C=O) groups is 1. The van der Waals surface area contributed by atoms with Crippen molar-refractivity contribution in [2.24, 2.45) is 12.2 Å². The van der Waals surface area contributed by atoms with Crippen molar-refractivity contribution in [1.29, 1.82) is 0 Å². The van der Waals surface area contributed by atoms with Gasteiger partial charge in [-0.25, -0.2) is 0 Å². The topological polar surface area (TPSA) is 106 Å². The van der Waals surface area contributed by atoms with E-state index in [1.165, 1.54) is 17.7 Å². The van der Waals surface area contributed by atoms with E-state index in [1.807, 2.05) is 31.4 Å². The molecule has 5 rings (SSSR count). The zero-order valence-corrected chi connectivity index (χ0v) is 23.2. The molecule has 2 aromatic heterocycles. The minimum atomic E-state index is -0.765. The van der Waals surface area contributed by atoms with Gasteiger partial charge in [0.2, 0.25) is 0 Å². The molecule has 1 atom stereocenters. The Morgan fingerprint density at radius 2 is 1.93 bits per heavy atom. The van der Waals surface area contributed by atoms with Crippen molar-refractivity contribution in [2.75, 3.05) is 34.0 Å². The van der Waals surface area contributed by atoms with Crippen LogP contribution in [0.5, 0.6) is 5.75 Å². The number of nitrogens with zero attached hydrogens (tertiary/aromatic N) is 4. The highest BCUT2D eigenvalue weighted by molar-refractivity contribution is 6.31. The van der Waals surface area contributed by atoms with Crippen molar-refractivity contribution < 1.29 is 23.8 Å². The van der Waals surface area contributed by atoms with E-state index in [1.54, 1.807) is 36.2 Å². The van der Waals surface area contributed by atoms with E-state index in [4.69, 9.17) is 30.6 Å². The van der Waals surface area contributed by atoms with E-state index in [0.717, 1.165) is 16.5 Å². The normalized spacial score (nSPS) is 13.8. The molecule has 1 aliphatic heterocycles. The highest BCUT2D eigenvalue weighted by Crippen LogP contribution is 2.35. The molecule has 2 aromatic carbocycles. The minimum Gasteiger partial charge on any atom is -0.495 e. The average Bonchev–Trinajstić information content (AvgIpc) is 3.33. The molecule has 10 nitrogen and oxygen atoms in total. The Balaban J connectivity index is 1.53. The maximum atomic E-state index is 13.6. The maximum Gasteiger partial charge on any atom is 0.258 e. The van der Waals surface area contributed by atoms with Gasteiger partial charge in [0.1, 0.15) is 12.4 Å². The maximum absolute atomic E-state index is 13.6. The van der Waals surface area contributed by atoms with E-state index < -0.39 is 6.04 Å². The van der Waals surface area contributed by atoms with Gasteiger partial charge in [0.15, 0.2) is 12.4 Å². The number of hydrogen-bond acceptors (Lipinski definition) is 8. The van der Waals surface area contributed by atoms with Crippen LogP contribution in [-0.4, -0.2) is 60.1 Å². The van der Waals surface area contributed by atoms with Crippen molar-refractivity contribution in [3.63, 3.8) is 0 Å². The molecule has 4 aromatic rings. The molecule has 0 saturated carbocycles. The van der Waals surface area contributed by atoms with Gasteiger partial charge in [0, 0.05) is 61.0 Å². The summed E-state index contributed by atoms with van der Waals surface area (Å²) in [6.07, 6.45) is 3.92. The molecule has 0 bridgehead atoms.